The van der Waals surface area contributed by atoms with Crippen molar-refractivity contribution in [3.8, 4) is 0 Å². The van der Waals surface area contributed by atoms with Gasteiger partial charge >= 0.3 is 10.6 Å². The SMILES string of the molecule is O=C([O-])c1c(C(F)(F)F)nc(Cl)[s+]1Cc1ccccc1. The molecule has 0 amide bonds. The Labute approximate surface area is 119 Å². The molecule has 1 heterocycles. The average molecular weight is 322 g/mol. The molecule has 0 N–H and O–H groups in total. The number of halogens is 4. The van der Waals surface area contributed by atoms with Gasteiger partial charge in [-0.15, -0.1) is 0 Å². The minimum absolute atomic E-state index is 0.0477. The van der Waals surface area contributed by atoms with E-state index >= 15 is 0 Å². The smallest absolute Gasteiger partial charge is 0.439 e. The van der Waals surface area contributed by atoms with Gasteiger partial charge in [0.2, 0.25) is 10.6 Å². The van der Waals surface area contributed by atoms with E-state index in [0.717, 1.165) is 0 Å². The molecule has 3 nitrogen and oxygen atoms in total. The van der Waals surface area contributed by atoms with Gasteiger partial charge in [-0.25, -0.2) is 0 Å². The van der Waals surface area contributed by atoms with E-state index < -0.39 is 33.2 Å². The van der Waals surface area contributed by atoms with Gasteiger partial charge in [-0.1, -0.05) is 30.3 Å². The standard InChI is InChI=1S/C12H7ClF3NO2S/c13-11-17-9(12(14,15)16)8(10(18)19)20(11)6-7-4-2-1-3-5-7/h1-5H,6H2. The lowest BCUT2D eigenvalue weighted by Gasteiger charge is -2.04. The Kier molecular flexibility index (Phi) is 4.01. The highest BCUT2D eigenvalue weighted by Gasteiger charge is 2.44. The number of carbonyl (C=O) groups is 1. The van der Waals surface area contributed by atoms with Crippen molar-refractivity contribution in [3.05, 3.63) is 50.9 Å². The van der Waals surface area contributed by atoms with Crippen LogP contribution in [-0.2, 0) is 11.9 Å². The minimum Gasteiger partial charge on any atom is -0.540 e. The van der Waals surface area contributed by atoms with Gasteiger partial charge in [0.1, 0.15) is 5.97 Å². The predicted octanol–water partition coefficient (Wildman–Crippen LogP) is 2.91. The second kappa shape index (κ2) is 5.41. The van der Waals surface area contributed by atoms with Gasteiger partial charge in [0.25, 0.3) is 0 Å². The number of carboxylic acids is 1. The zero-order valence-corrected chi connectivity index (χ0v) is 11.4. The molecule has 0 saturated heterocycles. The third-order valence-electron chi connectivity index (χ3n) is 2.47. The lowest BCUT2D eigenvalue weighted by Crippen LogP contribution is -2.25. The van der Waals surface area contributed by atoms with Crippen molar-refractivity contribution in [3.63, 3.8) is 0 Å². The lowest BCUT2D eigenvalue weighted by molar-refractivity contribution is -0.255. The molecule has 0 radical (unpaired) electrons. The summed E-state index contributed by atoms with van der Waals surface area (Å²) in [6.07, 6.45) is -4.87. The van der Waals surface area contributed by atoms with Crippen molar-refractivity contribution in [2.24, 2.45) is 0 Å². The van der Waals surface area contributed by atoms with Gasteiger partial charge in [-0.05, 0) is 11.6 Å². The zero-order chi connectivity index (χ0) is 14.9. The molecule has 0 fully saturated rings. The van der Waals surface area contributed by atoms with E-state index in [-0.39, 0.29) is 10.2 Å². The monoisotopic (exact) mass is 321 g/mol. The van der Waals surface area contributed by atoms with Crippen LogP contribution in [0.4, 0.5) is 13.2 Å². The molecule has 106 valence electrons. The summed E-state index contributed by atoms with van der Waals surface area (Å²) >= 11 is 5.70. The number of benzene rings is 1. The minimum atomic E-state index is -4.87. The first kappa shape index (κ1) is 14.8. The number of hydrogen-bond donors (Lipinski definition) is 0. The maximum atomic E-state index is 12.7. The van der Waals surface area contributed by atoms with E-state index in [1.807, 2.05) is 0 Å². The fourth-order valence-corrected chi connectivity index (χ4v) is 3.89. The Morgan fingerprint density at radius 1 is 1.30 bits per heavy atom. The van der Waals surface area contributed by atoms with E-state index in [1.54, 1.807) is 30.3 Å². The normalized spacial score (nSPS) is 12.5. The number of nitrogens with zero attached hydrogens (tertiary/aromatic N) is 1. The number of carbonyl (C=O) groups excluding carboxylic acids is 1. The van der Waals surface area contributed by atoms with E-state index in [0.29, 0.717) is 5.56 Å². The zero-order valence-electron chi connectivity index (χ0n) is 9.78. The molecule has 0 aliphatic heterocycles. The number of alkyl halides is 3. The highest BCUT2D eigenvalue weighted by atomic mass is 35.5. The molecule has 20 heavy (non-hydrogen) atoms. The van der Waals surface area contributed by atoms with Crippen LogP contribution in [0.15, 0.2) is 30.3 Å². The molecule has 1 atom stereocenters. The summed E-state index contributed by atoms with van der Waals surface area (Å²) in [6.45, 7) is 0. The molecular weight excluding hydrogens is 315 g/mol. The third-order valence-corrected chi connectivity index (χ3v) is 5.09. The molecule has 2 aromatic rings. The Hall–Kier alpha value is -1.60. The molecule has 2 rings (SSSR count). The molecule has 1 unspecified atom stereocenters. The first-order chi connectivity index (χ1) is 9.30. The topological polar surface area (TPSA) is 53.0 Å². The molecule has 0 bridgehead atoms. The maximum Gasteiger partial charge on any atom is 0.439 e. The van der Waals surface area contributed by atoms with Crippen LogP contribution in [0.25, 0.3) is 0 Å². The molecule has 0 spiro atoms. The largest absolute Gasteiger partial charge is 0.540 e. The first-order valence-corrected chi connectivity index (χ1v) is 7.09. The summed E-state index contributed by atoms with van der Waals surface area (Å²) in [5.41, 5.74) is -0.798. The number of aromatic carboxylic acids is 1. The molecule has 0 aliphatic carbocycles. The van der Waals surface area contributed by atoms with Gasteiger partial charge in [0.05, 0.1) is 0 Å². The average Bonchev–Trinajstić information content (AvgIpc) is 2.68. The second-order valence-corrected chi connectivity index (χ2v) is 6.30. The predicted molar refractivity (Wildman–Crippen MR) is 66.6 cm³/mol. The van der Waals surface area contributed by atoms with Gasteiger partial charge in [-0.3, -0.25) is 0 Å². The van der Waals surface area contributed by atoms with E-state index in [9.17, 15) is 23.1 Å². The van der Waals surface area contributed by atoms with Crippen molar-refractivity contribution in [2.75, 3.05) is 0 Å². The van der Waals surface area contributed by atoms with E-state index in [1.165, 1.54) is 0 Å². The molecule has 8 heteroatoms. The van der Waals surface area contributed by atoms with Crippen molar-refractivity contribution in [2.45, 2.75) is 11.9 Å². The van der Waals surface area contributed by atoms with Crippen LogP contribution in [0, 0.1) is 0 Å². The highest BCUT2D eigenvalue weighted by Crippen LogP contribution is 2.43. The molecule has 0 aliphatic rings. The van der Waals surface area contributed by atoms with Gasteiger partial charge in [-0.2, -0.15) is 18.2 Å². The highest BCUT2D eigenvalue weighted by molar-refractivity contribution is 7.35. The summed E-state index contributed by atoms with van der Waals surface area (Å²) in [5.74, 6) is -1.84. The van der Waals surface area contributed by atoms with Crippen LogP contribution in [0.2, 0.25) is 4.47 Å². The summed E-state index contributed by atoms with van der Waals surface area (Å²) in [4.78, 5) is 13.3. The van der Waals surface area contributed by atoms with Crippen LogP contribution in [0.5, 0.6) is 0 Å². The van der Waals surface area contributed by atoms with E-state index in [2.05, 4.69) is 4.98 Å². The van der Waals surface area contributed by atoms with Crippen LogP contribution in [-0.4, -0.2) is 11.0 Å². The Balaban J connectivity index is 2.53. The third kappa shape index (κ3) is 2.94. The first-order valence-electron chi connectivity index (χ1n) is 5.32. The van der Waals surface area contributed by atoms with Crippen molar-refractivity contribution in [1.29, 1.82) is 0 Å². The van der Waals surface area contributed by atoms with Crippen LogP contribution >= 0.6 is 22.1 Å². The Bertz CT molecular complexity index is 640. The fraction of sp³-hybridized carbons (Fsp3) is 0.167. The van der Waals surface area contributed by atoms with Crippen molar-refractivity contribution >= 4 is 28.0 Å². The Morgan fingerprint density at radius 3 is 2.40 bits per heavy atom. The van der Waals surface area contributed by atoms with Crippen LogP contribution in [0.3, 0.4) is 0 Å². The summed E-state index contributed by atoms with van der Waals surface area (Å²) in [7, 11) is -1.45. The summed E-state index contributed by atoms with van der Waals surface area (Å²) in [6, 6.07) is 8.50. The van der Waals surface area contributed by atoms with Crippen molar-refractivity contribution in [1.82, 2.24) is 4.98 Å². The van der Waals surface area contributed by atoms with Crippen LogP contribution < -0.4 is 5.11 Å². The quantitative estimate of drug-likeness (QED) is 0.817. The molecule has 0 saturated carbocycles. The lowest BCUT2D eigenvalue weighted by atomic mass is 10.2. The van der Waals surface area contributed by atoms with Crippen molar-refractivity contribution < 1.29 is 23.1 Å². The summed E-state index contributed by atoms with van der Waals surface area (Å²) in [5, 5.41) is 11.0. The molecule has 1 aromatic heterocycles. The maximum absolute atomic E-state index is 12.7. The van der Waals surface area contributed by atoms with Crippen LogP contribution in [0.1, 0.15) is 20.9 Å². The van der Waals surface area contributed by atoms with Gasteiger partial charge < -0.3 is 9.90 Å². The van der Waals surface area contributed by atoms with E-state index in [4.69, 9.17) is 11.6 Å². The number of rotatable bonds is 3. The van der Waals surface area contributed by atoms with Gasteiger partial charge in [0, 0.05) is 16.0 Å². The number of thiazole rings is 1. The number of hydrogen-bond acceptors (Lipinski definition) is 3. The Morgan fingerprint density at radius 2 is 1.90 bits per heavy atom. The van der Waals surface area contributed by atoms with Gasteiger partial charge in [0.15, 0.2) is 5.75 Å². The number of aromatic nitrogens is 1. The second-order valence-electron chi connectivity index (χ2n) is 3.85. The molecular formula is C12H7ClF3NO2S. The molecule has 1 aromatic carbocycles. The summed E-state index contributed by atoms with van der Waals surface area (Å²) < 4.78 is 37.9. The number of carboxylic acid groups (broad SMARTS) is 1. The fourth-order valence-electron chi connectivity index (χ4n) is 1.66.